The van der Waals surface area contributed by atoms with E-state index in [4.69, 9.17) is 4.52 Å². The van der Waals surface area contributed by atoms with Gasteiger partial charge in [-0.15, -0.1) is 0 Å². The Morgan fingerprint density at radius 2 is 1.74 bits per heavy atom. The molecule has 1 aliphatic rings. The molecule has 1 amide bonds. The lowest BCUT2D eigenvalue weighted by atomic mass is 10.0. The molecule has 5 rings (SSSR count). The highest BCUT2D eigenvalue weighted by atomic mass is 32.2. The van der Waals surface area contributed by atoms with Crippen molar-refractivity contribution in [2.75, 3.05) is 23.7 Å². The van der Waals surface area contributed by atoms with Crippen molar-refractivity contribution in [1.82, 2.24) is 10.5 Å². The van der Waals surface area contributed by atoms with Crippen LogP contribution in [-0.4, -0.2) is 44.4 Å². The van der Waals surface area contributed by atoms with Crippen LogP contribution in [0, 0.1) is 0 Å². The van der Waals surface area contributed by atoms with Crippen LogP contribution in [-0.2, 0) is 9.84 Å². The number of amides is 1. The second-order valence-electron chi connectivity index (χ2n) is 8.74. The van der Waals surface area contributed by atoms with Gasteiger partial charge in [-0.05, 0) is 55.3 Å². The van der Waals surface area contributed by atoms with E-state index < -0.39 is 9.84 Å². The molecule has 3 aromatic carbocycles. The Morgan fingerprint density at radius 3 is 2.43 bits per heavy atom. The number of benzene rings is 3. The number of rotatable bonds is 6. The Labute approximate surface area is 204 Å². The molecule has 7 nitrogen and oxygen atoms in total. The number of hydrogen-bond donors (Lipinski definition) is 1. The number of nitrogens with one attached hydrogen (secondary N) is 1. The Bertz CT molecular complexity index is 1440. The van der Waals surface area contributed by atoms with Crippen LogP contribution in [0.2, 0.25) is 0 Å². The van der Waals surface area contributed by atoms with E-state index in [0.717, 1.165) is 42.6 Å². The molecule has 1 aromatic heterocycles. The van der Waals surface area contributed by atoms with Crippen molar-refractivity contribution in [3.8, 4) is 11.3 Å². The highest BCUT2D eigenvalue weighted by Gasteiger charge is 2.23. The van der Waals surface area contributed by atoms with Gasteiger partial charge < -0.3 is 14.7 Å². The van der Waals surface area contributed by atoms with Gasteiger partial charge in [-0.25, -0.2) is 8.42 Å². The van der Waals surface area contributed by atoms with Crippen molar-refractivity contribution < 1.29 is 17.7 Å². The molecular formula is C27H27N3O4S. The quantitative estimate of drug-likeness (QED) is 0.423. The minimum Gasteiger partial charge on any atom is -0.371 e. The van der Waals surface area contributed by atoms with Gasteiger partial charge in [0, 0.05) is 35.9 Å². The number of anilines is 1. The number of carbonyl (C=O) groups is 1. The minimum atomic E-state index is -3.20. The molecule has 1 saturated heterocycles. The molecule has 0 aliphatic carbocycles. The third-order valence-corrected chi connectivity index (χ3v) is 8.30. The maximum atomic E-state index is 13.0. The van der Waals surface area contributed by atoms with E-state index in [1.165, 1.54) is 0 Å². The van der Waals surface area contributed by atoms with E-state index in [2.05, 4.69) is 15.4 Å². The standard InChI is InChI=1S/C27H27N3O4S/c1-2-35(32,33)23-11-9-22(10-12-23)30-16-14-21(15-17-30)28-27(31)20-8-13-25-24(18-20)26(34-29-25)19-6-4-3-5-7-19/h3-13,18,21H,2,14-17H2,1H3,(H,28,31). The molecule has 1 N–H and O–H groups in total. The zero-order chi connectivity index (χ0) is 24.4. The maximum absolute atomic E-state index is 13.0. The lowest BCUT2D eigenvalue weighted by molar-refractivity contribution is 0.0931. The first-order valence-electron chi connectivity index (χ1n) is 11.8. The summed E-state index contributed by atoms with van der Waals surface area (Å²) >= 11 is 0. The summed E-state index contributed by atoms with van der Waals surface area (Å²) in [5.41, 5.74) is 3.20. The highest BCUT2D eigenvalue weighted by Crippen LogP contribution is 2.29. The van der Waals surface area contributed by atoms with Crippen LogP contribution in [0.15, 0.2) is 82.2 Å². The SMILES string of the molecule is CCS(=O)(=O)c1ccc(N2CCC(NC(=O)c3ccc4noc(-c5ccccc5)c4c3)CC2)cc1. The van der Waals surface area contributed by atoms with Gasteiger partial charge in [0.1, 0.15) is 5.52 Å². The lowest BCUT2D eigenvalue weighted by Crippen LogP contribution is -2.44. The number of aromatic nitrogens is 1. The Balaban J connectivity index is 1.23. The van der Waals surface area contributed by atoms with Gasteiger partial charge in [-0.1, -0.05) is 42.4 Å². The van der Waals surface area contributed by atoms with Crippen LogP contribution in [0.25, 0.3) is 22.2 Å². The molecule has 8 heteroatoms. The maximum Gasteiger partial charge on any atom is 0.251 e. The number of piperidine rings is 1. The van der Waals surface area contributed by atoms with Crippen molar-refractivity contribution in [2.45, 2.75) is 30.7 Å². The van der Waals surface area contributed by atoms with Crippen molar-refractivity contribution in [3.05, 3.63) is 78.4 Å². The Kier molecular flexibility index (Phi) is 6.30. The third-order valence-electron chi connectivity index (χ3n) is 6.55. The zero-order valence-electron chi connectivity index (χ0n) is 19.5. The van der Waals surface area contributed by atoms with Gasteiger partial charge >= 0.3 is 0 Å². The molecule has 0 saturated carbocycles. The fraction of sp³-hybridized carbons (Fsp3) is 0.259. The fourth-order valence-electron chi connectivity index (χ4n) is 4.46. The summed E-state index contributed by atoms with van der Waals surface area (Å²) in [7, 11) is -3.20. The average molecular weight is 490 g/mol. The van der Waals surface area contributed by atoms with Crippen molar-refractivity contribution in [2.24, 2.45) is 0 Å². The number of sulfone groups is 1. The van der Waals surface area contributed by atoms with E-state index in [0.29, 0.717) is 21.7 Å². The summed E-state index contributed by atoms with van der Waals surface area (Å²) in [6.45, 7) is 3.22. The van der Waals surface area contributed by atoms with Crippen LogP contribution >= 0.6 is 0 Å². The van der Waals surface area contributed by atoms with Gasteiger partial charge in [-0.3, -0.25) is 4.79 Å². The van der Waals surface area contributed by atoms with Crippen LogP contribution in [0.3, 0.4) is 0 Å². The number of hydrogen-bond acceptors (Lipinski definition) is 6. The molecule has 2 heterocycles. The Hall–Kier alpha value is -3.65. The van der Waals surface area contributed by atoms with Crippen LogP contribution < -0.4 is 10.2 Å². The predicted molar refractivity (Wildman–Crippen MR) is 136 cm³/mol. The number of nitrogens with zero attached hydrogens (tertiary/aromatic N) is 2. The molecule has 0 bridgehead atoms. The van der Waals surface area contributed by atoms with Crippen molar-refractivity contribution in [3.63, 3.8) is 0 Å². The molecule has 1 aliphatic heterocycles. The molecule has 0 atom stereocenters. The molecule has 35 heavy (non-hydrogen) atoms. The molecule has 0 spiro atoms. The first-order valence-corrected chi connectivity index (χ1v) is 13.4. The molecule has 0 unspecified atom stereocenters. The Morgan fingerprint density at radius 1 is 1.03 bits per heavy atom. The van der Waals surface area contributed by atoms with E-state index in [9.17, 15) is 13.2 Å². The van der Waals surface area contributed by atoms with E-state index in [1.54, 1.807) is 25.1 Å². The third kappa shape index (κ3) is 4.79. The predicted octanol–water partition coefficient (Wildman–Crippen LogP) is 4.69. The average Bonchev–Trinajstić information content (AvgIpc) is 3.33. The highest BCUT2D eigenvalue weighted by molar-refractivity contribution is 7.91. The second kappa shape index (κ2) is 9.54. The van der Waals surface area contributed by atoms with Crippen molar-refractivity contribution >= 4 is 32.3 Å². The largest absolute Gasteiger partial charge is 0.371 e. The summed E-state index contributed by atoms with van der Waals surface area (Å²) in [5, 5.41) is 8.10. The van der Waals surface area contributed by atoms with Gasteiger partial charge in [0.2, 0.25) is 0 Å². The van der Waals surface area contributed by atoms with Crippen LogP contribution in [0.1, 0.15) is 30.1 Å². The van der Waals surface area contributed by atoms with Gasteiger partial charge in [0.05, 0.1) is 16.0 Å². The van der Waals surface area contributed by atoms with E-state index in [-0.39, 0.29) is 17.7 Å². The first kappa shape index (κ1) is 23.1. The molecule has 0 radical (unpaired) electrons. The van der Waals surface area contributed by atoms with Gasteiger partial charge in [-0.2, -0.15) is 0 Å². The van der Waals surface area contributed by atoms with Crippen molar-refractivity contribution in [1.29, 1.82) is 0 Å². The van der Waals surface area contributed by atoms with Crippen LogP contribution in [0.5, 0.6) is 0 Å². The fourth-order valence-corrected chi connectivity index (χ4v) is 5.35. The number of fused-ring (bicyclic) bond motifs is 1. The van der Waals surface area contributed by atoms with Gasteiger partial charge in [0.15, 0.2) is 15.6 Å². The van der Waals surface area contributed by atoms with Crippen LogP contribution in [0.4, 0.5) is 5.69 Å². The summed E-state index contributed by atoms with van der Waals surface area (Å²) < 4.78 is 29.6. The normalized spacial score (nSPS) is 14.8. The summed E-state index contributed by atoms with van der Waals surface area (Å²) in [6, 6.07) is 22.3. The summed E-state index contributed by atoms with van der Waals surface area (Å²) in [4.78, 5) is 15.6. The second-order valence-corrected chi connectivity index (χ2v) is 11.0. The monoisotopic (exact) mass is 489 g/mol. The zero-order valence-corrected chi connectivity index (χ0v) is 20.3. The topological polar surface area (TPSA) is 92.5 Å². The number of carbonyl (C=O) groups excluding carboxylic acids is 1. The first-order chi connectivity index (χ1) is 16.9. The van der Waals surface area contributed by atoms with E-state index in [1.807, 2.05) is 54.6 Å². The summed E-state index contributed by atoms with van der Waals surface area (Å²) in [5.74, 6) is 0.635. The molecule has 1 fully saturated rings. The van der Waals surface area contributed by atoms with Gasteiger partial charge in [0.25, 0.3) is 5.91 Å². The minimum absolute atomic E-state index is 0.0743. The molecule has 4 aromatic rings. The smallest absolute Gasteiger partial charge is 0.251 e. The lowest BCUT2D eigenvalue weighted by Gasteiger charge is -2.34. The molecular weight excluding hydrogens is 462 g/mol. The van der Waals surface area contributed by atoms with E-state index >= 15 is 0 Å². The summed E-state index contributed by atoms with van der Waals surface area (Å²) in [6.07, 6.45) is 1.62. The molecule has 180 valence electrons.